The average molecular weight is 268 g/mol. The summed E-state index contributed by atoms with van der Waals surface area (Å²) in [6.45, 7) is 6.03. The summed E-state index contributed by atoms with van der Waals surface area (Å²) in [5, 5.41) is 3.12. The summed E-state index contributed by atoms with van der Waals surface area (Å²) in [6.07, 6.45) is 7.13. The van der Waals surface area contributed by atoms with Crippen molar-refractivity contribution in [3.05, 3.63) is 16.4 Å². The van der Waals surface area contributed by atoms with E-state index in [-0.39, 0.29) is 6.04 Å². The zero-order valence-corrected chi connectivity index (χ0v) is 10.7. The fraction of sp³-hybridized carbons (Fsp3) is 0.455. The Labute approximate surface area is 98.8 Å². The van der Waals surface area contributed by atoms with Gasteiger partial charge in [0, 0.05) is 6.20 Å². The van der Waals surface area contributed by atoms with E-state index in [1.807, 2.05) is 6.92 Å². The van der Waals surface area contributed by atoms with Crippen molar-refractivity contribution in [3.63, 3.8) is 0 Å². The molecule has 0 saturated carbocycles. The number of hydrogen-bond donors (Lipinski definition) is 1. The molecule has 0 aliphatic carbocycles. The largest absolute Gasteiger partial charge is 0.340 e. The third-order valence-electron chi connectivity index (χ3n) is 2.05. The lowest BCUT2D eigenvalue weighted by Gasteiger charge is -2.16. The van der Waals surface area contributed by atoms with Gasteiger partial charge in [-0.2, -0.15) is 0 Å². The van der Waals surface area contributed by atoms with Crippen LogP contribution in [0.1, 0.15) is 19.5 Å². The molecule has 1 aromatic rings. The molecule has 0 saturated heterocycles. The molecule has 4 heteroatoms. The number of terminal acetylenes is 1. The highest BCUT2D eigenvalue weighted by molar-refractivity contribution is 9.10. The maximum atomic E-state index is 5.41. The molecule has 1 atom stereocenters. The molecule has 3 nitrogen and oxygen atoms in total. The van der Waals surface area contributed by atoms with E-state index in [4.69, 9.17) is 6.42 Å². The molecule has 0 bridgehead atoms. The van der Waals surface area contributed by atoms with Crippen molar-refractivity contribution in [2.75, 3.05) is 5.32 Å². The fourth-order valence-corrected chi connectivity index (χ4v) is 1.25. The summed E-state index contributed by atoms with van der Waals surface area (Å²) in [4.78, 5) is 8.42. The summed E-state index contributed by atoms with van der Waals surface area (Å²) < 4.78 is 0.898. The standard InChI is InChI=1S/C11H14BrN3/c1-5-10(7(2)3)15-11-13-6-9(12)8(4)14-11/h1,6-7,10H,2-4H3,(H,13,14,15). The zero-order chi connectivity index (χ0) is 11.4. The number of aryl methyl sites for hydroxylation is 1. The molecule has 1 aromatic heterocycles. The number of rotatable bonds is 3. The fourth-order valence-electron chi connectivity index (χ4n) is 1.06. The Hall–Kier alpha value is -1.08. The van der Waals surface area contributed by atoms with Crippen molar-refractivity contribution < 1.29 is 0 Å². The number of aromatic nitrogens is 2. The summed E-state index contributed by atoms with van der Waals surface area (Å²) >= 11 is 3.35. The number of nitrogens with one attached hydrogen (secondary N) is 1. The van der Waals surface area contributed by atoms with E-state index in [1.54, 1.807) is 6.20 Å². The summed E-state index contributed by atoms with van der Waals surface area (Å²) in [5.74, 6) is 3.61. The van der Waals surface area contributed by atoms with Crippen molar-refractivity contribution in [3.8, 4) is 12.3 Å². The maximum absolute atomic E-state index is 5.41. The molecule has 0 radical (unpaired) electrons. The molecule has 1 N–H and O–H groups in total. The summed E-state index contributed by atoms with van der Waals surface area (Å²) in [6, 6.07) is -0.0365. The van der Waals surface area contributed by atoms with Crippen LogP contribution < -0.4 is 5.32 Å². The van der Waals surface area contributed by atoms with Gasteiger partial charge in [-0.1, -0.05) is 19.8 Å². The Morgan fingerprint density at radius 2 is 2.20 bits per heavy atom. The molecule has 1 rings (SSSR count). The highest BCUT2D eigenvalue weighted by atomic mass is 79.9. The van der Waals surface area contributed by atoms with E-state index in [0.29, 0.717) is 11.9 Å². The van der Waals surface area contributed by atoms with Gasteiger partial charge in [-0.3, -0.25) is 0 Å². The molecule has 0 aliphatic rings. The molecule has 0 aliphatic heterocycles. The Morgan fingerprint density at radius 3 is 2.67 bits per heavy atom. The first-order valence-electron chi connectivity index (χ1n) is 4.76. The molecular weight excluding hydrogens is 254 g/mol. The Balaban J connectivity index is 2.81. The highest BCUT2D eigenvalue weighted by Gasteiger charge is 2.11. The third-order valence-corrected chi connectivity index (χ3v) is 2.83. The van der Waals surface area contributed by atoms with E-state index in [9.17, 15) is 0 Å². The van der Waals surface area contributed by atoms with E-state index < -0.39 is 0 Å². The minimum atomic E-state index is -0.0365. The summed E-state index contributed by atoms with van der Waals surface area (Å²) in [7, 11) is 0. The monoisotopic (exact) mass is 267 g/mol. The number of anilines is 1. The van der Waals surface area contributed by atoms with Crippen molar-refractivity contribution >= 4 is 21.9 Å². The van der Waals surface area contributed by atoms with Gasteiger partial charge in [0.05, 0.1) is 16.2 Å². The van der Waals surface area contributed by atoms with Gasteiger partial charge in [-0.25, -0.2) is 9.97 Å². The van der Waals surface area contributed by atoms with Gasteiger partial charge in [-0.15, -0.1) is 6.42 Å². The van der Waals surface area contributed by atoms with Crippen LogP contribution >= 0.6 is 15.9 Å². The highest BCUT2D eigenvalue weighted by Crippen LogP contribution is 2.14. The molecule has 0 fully saturated rings. The van der Waals surface area contributed by atoms with E-state index in [0.717, 1.165) is 10.2 Å². The van der Waals surface area contributed by atoms with Crippen molar-refractivity contribution in [2.45, 2.75) is 26.8 Å². The molecule has 80 valence electrons. The van der Waals surface area contributed by atoms with Crippen LogP contribution in [-0.2, 0) is 0 Å². The van der Waals surface area contributed by atoms with Gasteiger partial charge in [0.2, 0.25) is 5.95 Å². The Morgan fingerprint density at radius 1 is 1.53 bits per heavy atom. The van der Waals surface area contributed by atoms with Crippen molar-refractivity contribution in [1.82, 2.24) is 9.97 Å². The van der Waals surface area contributed by atoms with Crippen LogP contribution in [-0.4, -0.2) is 16.0 Å². The van der Waals surface area contributed by atoms with E-state index in [2.05, 4.69) is 51.0 Å². The van der Waals surface area contributed by atoms with Crippen LogP contribution in [0.3, 0.4) is 0 Å². The SMILES string of the molecule is C#CC(Nc1ncc(Br)c(C)n1)C(C)C. The second-order valence-electron chi connectivity index (χ2n) is 3.66. The first kappa shape index (κ1) is 12.0. The lowest BCUT2D eigenvalue weighted by molar-refractivity contribution is 0.610. The molecule has 15 heavy (non-hydrogen) atoms. The molecule has 0 aromatic carbocycles. The van der Waals surface area contributed by atoms with Crippen LogP contribution in [0, 0.1) is 25.2 Å². The number of halogens is 1. The molecule has 0 amide bonds. The first-order valence-corrected chi connectivity index (χ1v) is 5.55. The molecule has 1 heterocycles. The first-order chi connectivity index (χ1) is 7.04. The predicted molar refractivity (Wildman–Crippen MR) is 65.6 cm³/mol. The van der Waals surface area contributed by atoms with Crippen LogP contribution in [0.2, 0.25) is 0 Å². The predicted octanol–water partition coefficient (Wildman–Crippen LogP) is 2.62. The second kappa shape index (κ2) is 5.13. The quantitative estimate of drug-likeness (QED) is 0.856. The molecule has 1 unspecified atom stereocenters. The summed E-state index contributed by atoms with van der Waals surface area (Å²) in [5.41, 5.74) is 0.895. The van der Waals surface area contributed by atoms with E-state index in [1.165, 1.54) is 0 Å². The van der Waals surface area contributed by atoms with Gasteiger partial charge in [0.25, 0.3) is 0 Å². The van der Waals surface area contributed by atoms with Crippen LogP contribution in [0.15, 0.2) is 10.7 Å². The molecular formula is C11H14BrN3. The van der Waals surface area contributed by atoms with Crippen molar-refractivity contribution in [2.24, 2.45) is 5.92 Å². The number of hydrogen-bond acceptors (Lipinski definition) is 3. The average Bonchev–Trinajstić information content (AvgIpc) is 2.19. The molecule has 0 spiro atoms. The topological polar surface area (TPSA) is 37.8 Å². The number of nitrogens with zero attached hydrogens (tertiary/aromatic N) is 2. The van der Waals surface area contributed by atoms with Crippen LogP contribution in [0.5, 0.6) is 0 Å². The van der Waals surface area contributed by atoms with Gasteiger partial charge in [0.1, 0.15) is 0 Å². The lowest BCUT2D eigenvalue weighted by atomic mass is 10.1. The van der Waals surface area contributed by atoms with Crippen LogP contribution in [0.4, 0.5) is 5.95 Å². The van der Waals surface area contributed by atoms with Gasteiger partial charge >= 0.3 is 0 Å². The maximum Gasteiger partial charge on any atom is 0.223 e. The smallest absolute Gasteiger partial charge is 0.223 e. The minimum absolute atomic E-state index is 0.0365. The van der Waals surface area contributed by atoms with Crippen LogP contribution in [0.25, 0.3) is 0 Å². The second-order valence-corrected chi connectivity index (χ2v) is 4.51. The van der Waals surface area contributed by atoms with Gasteiger partial charge < -0.3 is 5.32 Å². The van der Waals surface area contributed by atoms with Gasteiger partial charge in [0.15, 0.2) is 0 Å². The normalized spacial score (nSPS) is 12.3. The Kier molecular flexibility index (Phi) is 4.10. The van der Waals surface area contributed by atoms with E-state index >= 15 is 0 Å². The lowest BCUT2D eigenvalue weighted by Crippen LogP contribution is -2.24. The van der Waals surface area contributed by atoms with Gasteiger partial charge in [-0.05, 0) is 28.8 Å². The third kappa shape index (κ3) is 3.21. The zero-order valence-electron chi connectivity index (χ0n) is 9.08. The van der Waals surface area contributed by atoms with Crippen molar-refractivity contribution in [1.29, 1.82) is 0 Å². The minimum Gasteiger partial charge on any atom is -0.340 e. The Bertz CT molecular complexity index is 382.